The molecule has 1 aromatic heterocycles. The van der Waals surface area contributed by atoms with Crippen LogP contribution in [-0.4, -0.2) is 34.4 Å². The lowest BCUT2D eigenvalue weighted by Crippen LogP contribution is -2.14. The van der Waals surface area contributed by atoms with Crippen molar-refractivity contribution in [1.82, 2.24) is 10.2 Å². The van der Waals surface area contributed by atoms with Crippen LogP contribution in [0.2, 0.25) is 0 Å². The molecule has 0 aromatic carbocycles. The third kappa shape index (κ3) is 2.68. The molecule has 1 amide bonds. The number of primary amides is 1. The Morgan fingerprint density at radius 2 is 2.31 bits per heavy atom. The molecule has 0 radical (unpaired) electrons. The number of aliphatic hydroxyl groups is 1. The van der Waals surface area contributed by atoms with E-state index in [0.29, 0.717) is 12.4 Å². The zero-order valence-corrected chi connectivity index (χ0v) is 6.90. The van der Waals surface area contributed by atoms with Crippen LogP contribution in [-0.2, 0) is 0 Å². The van der Waals surface area contributed by atoms with Gasteiger partial charge >= 0.3 is 0 Å². The van der Waals surface area contributed by atoms with E-state index in [1.165, 1.54) is 6.07 Å². The molecule has 0 aliphatic heterocycles. The maximum atomic E-state index is 10.6. The van der Waals surface area contributed by atoms with E-state index in [1.807, 2.05) is 0 Å². The number of anilines is 1. The van der Waals surface area contributed by atoms with Crippen molar-refractivity contribution in [3.8, 4) is 0 Å². The van der Waals surface area contributed by atoms with Crippen LogP contribution in [0, 0.1) is 0 Å². The smallest absolute Gasteiger partial charge is 0.269 e. The summed E-state index contributed by atoms with van der Waals surface area (Å²) in [4.78, 5) is 10.6. The number of nitrogens with zero attached hydrogens (tertiary/aromatic N) is 2. The van der Waals surface area contributed by atoms with Gasteiger partial charge in [-0.15, -0.1) is 10.2 Å². The number of aromatic nitrogens is 2. The first-order valence-corrected chi connectivity index (χ1v) is 3.72. The van der Waals surface area contributed by atoms with Gasteiger partial charge in [-0.05, 0) is 12.1 Å². The quantitative estimate of drug-likeness (QED) is 0.553. The van der Waals surface area contributed by atoms with E-state index >= 15 is 0 Å². The van der Waals surface area contributed by atoms with Crippen LogP contribution in [0.1, 0.15) is 10.5 Å². The van der Waals surface area contributed by atoms with E-state index in [-0.39, 0.29) is 12.3 Å². The highest BCUT2D eigenvalue weighted by Crippen LogP contribution is 2.00. The van der Waals surface area contributed by atoms with Gasteiger partial charge in [0, 0.05) is 6.54 Å². The van der Waals surface area contributed by atoms with Crippen molar-refractivity contribution in [2.24, 2.45) is 5.73 Å². The maximum absolute atomic E-state index is 10.6. The standard InChI is InChI=1S/C7H10N4O2/c8-7(13)5-1-2-6(11-10-5)9-3-4-12/h1-2,12H,3-4H2,(H2,8,13)(H,9,11). The Kier molecular flexibility index (Phi) is 3.15. The maximum Gasteiger partial charge on any atom is 0.269 e. The minimum atomic E-state index is -0.610. The summed E-state index contributed by atoms with van der Waals surface area (Å²) >= 11 is 0. The van der Waals surface area contributed by atoms with Crippen LogP contribution in [0.4, 0.5) is 5.82 Å². The van der Waals surface area contributed by atoms with Gasteiger partial charge in [0.05, 0.1) is 6.61 Å². The number of hydrogen-bond donors (Lipinski definition) is 3. The van der Waals surface area contributed by atoms with E-state index in [9.17, 15) is 4.79 Å². The molecule has 0 saturated heterocycles. The minimum absolute atomic E-state index is 0.0131. The topological polar surface area (TPSA) is 101 Å². The third-order valence-electron chi connectivity index (χ3n) is 1.33. The average molecular weight is 182 g/mol. The van der Waals surface area contributed by atoms with Gasteiger partial charge in [-0.2, -0.15) is 0 Å². The van der Waals surface area contributed by atoms with E-state index in [1.54, 1.807) is 6.07 Å². The average Bonchev–Trinajstić information content (AvgIpc) is 2.15. The Balaban J connectivity index is 2.64. The molecule has 70 valence electrons. The Hall–Kier alpha value is -1.69. The molecule has 0 aliphatic carbocycles. The lowest BCUT2D eigenvalue weighted by atomic mass is 10.4. The molecule has 0 atom stereocenters. The Labute approximate surface area is 74.8 Å². The Morgan fingerprint density at radius 1 is 1.54 bits per heavy atom. The number of aliphatic hydroxyl groups excluding tert-OH is 1. The van der Waals surface area contributed by atoms with Gasteiger partial charge < -0.3 is 16.2 Å². The van der Waals surface area contributed by atoms with Gasteiger partial charge in [-0.3, -0.25) is 4.79 Å². The summed E-state index contributed by atoms with van der Waals surface area (Å²) in [5, 5.41) is 18.5. The normalized spacial score (nSPS) is 9.62. The second-order valence-corrected chi connectivity index (χ2v) is 2.32. The number of hydrogen-bond acceptors (Lipinski definition) is 5. The van der Waals surface area contributed by atoms with Crippen molar-refractivity contribution in [3.05, 3.63) is 17.8 Å². The molecule has 0 saturated carbocycles. The van der Waals surface area contributed by atoms with Gasteiger partial charge in [-0.25, -0.2) is 0 Å². The lowest BCUT2D eigenvalue weighted by Gasteiger charge is -2.01. The third-order valence-corrected chi connectivity index (χ3v) is 1.33. The summed E-state index contributed by atoms with van der Waals surface area (Å²) < 4.78 is 0. The number of carbonyl (C=O) groups is 1. The van der Waals surface area contributed by atoms with Crippen molar-refractivity contribution < 1.29 is 9.90 Å². The van der Waals surface area contributed by atoms with Crippen LogP contribution in [0.3, 0.4) is 0 Å². The minimum Gasteiger partial charge on any atom is -0.395 e. The van der Waals surface area contributed by atoms with Crippen LogP contribution in [0.15, 0.2) is 12.1 Å². The predicted octanol–water partition coefficient (Wildman–Crippen LogP) is -1.02. The molecular formula is C7H10N4O2. The van der Waals surface area contributed by atoms with Crippen molar-refractivity contribution in [2.45, 2.75) is 0 Å². The fourth-order valence-corrected chi connectivity index (χ4v) is 0.742. The van der Waals surface area contributed by atoms with Crippen molar-refractivity contribution in [3.63, 3.8) is 0 Å². The first-order chi connectivity index (χ1) is 6.24. The van der Waals surface area contributed by atoms with Gasteiger partial charge in [0.1, 0.15) is 5.82 Å². The molecule has 1 heterocycles. The number of amides is 1. The number of rotatable bonds is 4. The highest BCUT2D eigenvalue weighted by Gasteiger charge is 2.01. The van der Waals surface area contributed by atoms with E-state index in [0.717, 1.165) is 0 Å². The SMILES string of the molecule is NC(=O)c1ccc(NCCO)nn1. The summed E-state index contributed by atoms with van der Waals surface area (Å²) in [6.45, 7) is 0.407. The molecule has 6 nitrogen and oxygen atoms in total. The fourth-order valence-electron chi connectivity index (χ4n) is 0.742. The van der Waals surface area contributed by atoms with Crippen LogP contribution < -0.4 is 11.1 Å². The van der Waals surface area contributed by atoms with E-state index < -0.39 is 5.91 Å². The molecule has 1 rings (SSSR count). The molecule has 4 N–H and O–H groups in total. The van der Waals surface area contributed by atoms with E-state index in [4.69, 9.17) is 10.8 Å². The second-order valence-electron chi connectivity index (χ2n) is 2.32. The Bertz CT molecular complexity index is 285. The monoisotopic (exact) mass is 182 g/mol. The molecule has 6 heteroatoms. The van der Waals surface area contributed by atoms with Crippen LogP contribution >= 0.6 is 0 Å². The largest absolute Gasteiger partial charge is 0.395 e. The number of nitrogens with two attached hydrogens (primary N) is 1. The molecule has 0 spiro atoms. The first kappa shape index (κ1) is 9.40. The summed E-state index contributed by atoms with van der Waals surface area (Å²) in [6.07, 6.45) is 0. The molecule has 0 unspecified atom stereocenters. The lowest BCUT2D eigenvalue weighted by molar-refractivity contribution is 0.0994. The van der Waals surface area contributed by atoms with Crippen molar-refractivity contribution in [1.29, 1.82) is 0 Å². The first-order valence-electron chi connectivity index (χ1n) is 3.72. The zero-order valence-electron chi connectivity index (χ0n) is 6.90. The predicted molar refractivity (Wildman–Crippen MR) is 46.1 cm³/mol. The van der Waals surface area contributed by atoms with Gasteiger partial charge in [-0.1, -0.05) is 0 Å². The number of carbonyl (C=O) groups excluding carboxylic acids is 1. The number of nitrogens with one attached hydrogen (secondary N) is 1. The van der Waals surface area contributed by atoms with Gasteiger partial charge in [0.2, 0.25) is 0 Å². The van der Waals surface area contributed by atoms with Crippen LogP contribution in [0.25, 0.3) is 0 Å². The summed E-state index contributed by atoms with van der Waals surface area (Å²) in [6, 6.07) is 3.04. The highest BCUT2D eigenvalue weighted by atomic mass is 16.3. The summed E-state index contributed by atoms with van der Waals surface area (Å²) in [7, 11) is 0. The fraction of sp³-hybridized carbons (Fsp3) is 0.286. The van der Waals surface area contributed by atoms with Crippen molar-refractivity contribution in [2.75, 3.05) is 18.5 Å². The molecule has 0 aliphatic rings. The molecule has 0 fully saturated rings. The van der Waals surface area contributed by atoms with E-state index in [2.05, 4.69) is 15.5 Å². The zero-order chi connectivity index (χ0) is 9.68. The molecule has 13 heavy (non-hydrogen) atoms. The van der Waals surface area contributed by atoms with Crippen molar-refractivity contribution >= 4 is 11.7 Å². The molecular weight excluding hydrogens is 172 g/mol. The summed E-state index contributed by atoms with van der Waals surface area (Å²) in [5.41, 5.74) is 5.08. The Morgan fingerprint density at radius 3 is 2.77 bits per heavy atom. The second kappa shape index (κ2) is 4.36. The molecule has 0 bridgehead atoms. The summed E-state index contributed by atoms with van der Waals surface area (Å²) in [5.74, 6) is -0.111. The van der Waals surface area contributed by atoms with Gasteiger partial charge in [0.15, 0.2) is 5.69 Å². The molecule has 1 aromatic rings. The van der Waals surface area contributed by atoms with Crippen LogP contribution in [0.5, 0.6) is 0 Å². The van der Waals surface area contributed by atoms with Gasteiger partial charge in [0.25, 0.3) is 5.91 Å². The highest BCUT2D eigenvalue weighted by molar-refractivity contribution is 5.90.